The van der Waals surface area contributed by atoms with Crippen molar-refractivity contribution in [3.05, 3.63) is 47.3 Å². The van der Waals surface area contributed by atoms with Gasteiger partial charge < -0.3 is 10.1 Å². The van der Waals surface area contributed by atoms with Crippen LogP contribution in [0.3, 0.4) is 0 Å². The molecule has 0 bridgehead atoms. The number of benzene rings is 1. The molecule has 0 saturated heterocycles. The van der Waals surface area contributed by atoms with Crippen LogP contribution in [-0.2, 0) is 11.3 Å². The number of hydrogen-bond acceptors (Lipinski definition) is 4. The first-order chi connectivity index (χ1) is 12.6. The molecule has 7 heteroatoms. The van der Waals surface area contributed by atoms with Crippen LogP contribution in [0.2, 0.25) is 0 Å². The first kappa shape index (κ1) is 18.3. The Morgan fingerprint density at radius 1 is 1.46 bits per heavy atom. The zero-order valence-electron chi connectivity index (χ0n) is 14.6. The Balaban J connectivity index is 2.17. The number of aromatic amines is 1. The molecule has 0 amide bonds. The first-order valence-corrected chi connectivity index (χ1v) is 9.46. The van der Waals surface area contributed by atoms with Gasteiger partial charge in [0.05, 0.1) is 0 Å². The average Bonchev–Trinajstić information content (AvgIpc) is 3.00. The van der Waals surface area contributed by atoms with Crippen molar-refractivity contribution in [3.63, 3.8) is 0 Å². The molecular formula is C19H21N3O3S. The van der Waals surface area contributed by atoms with Crippen molar-refractivity contribution in [3.8, 4) is 0 Å². The molecule has 6 nitrogen and oxygen atoms in total. The predicted octanol–water partition coefficient (Wildman–Crippen LogP) is 3.80. The Morgan fingerprint density at radius 3 is 2.92 bits per heavy atom. The molecule has 0 radical (unpaired) electrons. The Labute approximate surface area is 154 Å². The van der Waals surface area contributed by atoms with Crippen molar-refractivity contribution in [2.24, 2.45) is 0 Å². The number of aliphatic carboxylic acids is 1. The molecule has 136 valence electrons. The van der Waals surface area contributed by atoms with Crippen LogP contribution in [0.15, 0.2) is 46.9 Å². The third kappa shape index (κ3) is 3.39. The van der Waals surface area contributed by atoms with Crippen molar-refractivity contribution in [1.82, 2.24) is 14.5 Å². The van der Waals surface area contributed by atoms with Gasteiger partial charge in [0, 0.05) is 17.4 Å². The first-order valence-electron chi connectivity index (χ1n) is 8.58. The number of nitrogens with one attached hydrogen (secondary N) is 1. The minimum Gasteiger partial charge on any atom is -0.480 e. The van der Waals surface area contributed by atoms with Crippen LogP contribution in [0.1, 0.15) is 26.2 Å². The number of H-pyrrole nitrogens is 1. The number of fused-ring (bicyclic) bond motifs is 3. The van der Waals surface area contributed by atoms with Gasteiger partial charge in [-0.3, -0.25) is 14.2 Å². The van der Waals surface area contributed by atoms with Gasteiger partial charge in [0.2, 0.25) is 0 Å². The van der Waals surface area contributed by atoms with Gasteiger partial charge in [0.25, 0.3) is 5.56 Å². The minimum atomic E-state index is -0.887. The molecule has 0 aliphatic rings. The number of unbranched alkanes of at least 4 members (excludes halogenated alkanes) is 1. The monoisotopic (exact) mass is 371 g/mol. The number of carbonyl (C=O) groups is 1. The number of nitrogens with zero attached hydrogens (tertiary/aromatic N) is 2. The summed E-state index contributed by atoms with van der Waals surface area (Å²) >= 11 is 1.13. The molecule has 0 aliphatic heterocycles. The van der Waals surface area contributed by atoms with E-state index < -0.39 is 11.2 Å². The topological polar surface area (TPSA) is 88.0 Å². The third-order valence-electron chi connectivity index (χ3n) is 4.23. The average molecular weight is 371 g/mol. The highest BCUT2D eigenvalue weighted by Gasteiger charge is 2.23. The van der Waals surface area contributed by atoms with Gasteiger partial charge in [-0.15, -0.1) is 6.58 Å². The van der Waals surface area contributed by atoms with Gasteiger partial charge in [-0.2, -0.15) is 0 Å². The lowest BCUT2D eigenvalue weighted by Gasteiger charge is -2.14. The van der Waals surface area contributed by atoms with Crippen LogP contribution in [0, 0.1) is 0 Å². The normalized spacial score (nSPS) is 12.5. The summed E-state index contributed by atoms with van der Waals surface area (Å²) in [4.78, 5) is 32.4. The van der Waals surface area contributed by atoms with Gasteiger partial charge in [-0.05, 0) is 12.5 Å². The molecule has 0 aliphatic carbocycles. The molecule has 26 heavy (non-hydrogen) atoms. The Bertz CT molecular complexity index is 1020. The summed E-state index contributed by atoms with van der Waals surface area (Å²) in [6.07, 6.45) is 3.87. The summed E-state index contributed by atoms with van der Waals surface area (Å²) in [6, 6.07) is 7.57. The standard InChI is InChI=1S/C19H21N3O3S/c1-3-5-10-14(18(24)25)26-19-21-15-12-8-6-7-9-13(12)20-16(15)17(23)22(19)11-4-2/h4,6-9,14,20H,2-3,5,10-11H2,1H3,(H,24,25)/t14-/m1/s1. The lowest BCUT2D eigenvalue weighted by Crippen LogP contribution is -2.25. The van der Waals surface area contributed by atoms with Crippen molar-refractivity contribution in [2.45, 2.75) is 43.1 Å². The molecule has 3 aromatic rings. The Morgan fingerprint density at radius 2 is 2.23 bits per heavy atom. The number of para-hydroxylation sites is 1. The van der Waals surface area contributed by atoms with E-state index in [1.54, 1.807) is 6.08 Å². The second-order valence-corrected chi connectivity index (χ2v) is 7.25. The summed E-state index contributed by atoms with van der Waals surface area (Å²) in [6.45, 7) is 6.00. The number of carboxylic acids is 1. The van der Waals surface area contributed by atoms with E-state index in [0.29, 0.717) is 22.6 Å². The molecule has 1 aromatic carbocycles. The van der Waals surface area contributed by atoms with E-state index in [-0.39, 0.29) is 12.1 Å². The van der Waals surface area contributed by atoms with Gasteiger partial charge in [0.15, 0.2) is 5.16 Å². The van der Waals surface area contributed by atoms with E-state index in [1.165, 1.54) is 4.57 Å². The van der Waals surface area contributed by atoms with Crippen molar-refractivity contribution >= 4 is 39.7 Å². The van der Waals surface area contributed by atoms with Gasteiger partial charge in [-0.1, -0.05) is 55.8 Å². The summed E-state index contributed by atoms with van der Waals surface area (Å²) in [5.74, 6) is -0.887. The largest absolute Gasteiger partial charge is 0.480 e. The quantitative estimate of drug-likeness (QED) is 0.357. The van der Waals surface area contributed by atoms with Crippen molar-refractivity contribution in [1.29, 1.82) is 0 Å². The van der Waals surface area contributed by atoms with Crippen LogP contribution in [0.25, 0.3) is 21.9 Å². The highest BCUT2D eigenvalue weighted by Crippen LogP contribution is 2.28. The second-order valence-electron chi connectivity index (χ2n) is 6.08. The van der Waals surface area contributed by atoms with Gasteiger partial charge in [-0.25, -0.2) is 4.98 Å². The minimum absolute atomic E-state index is 0.215. The lowest BCUT2D eigenvalue weighted by atomic mass is 10.2. The van der Waals surface area contributed by atoms with Crippen LogP contribution in [0.5, 0.6) is 0 Å². The lowest BCUT2D eigenvalue weighted by molar-refractivity contribution is -0.136. The molecule has 0 saturated carbocycles. The maximum absolute atomic E-state index is 13.0. The van der Waals surface area contributed by atoms with Gasteiger partial charge >= 0.3 is 5.97 Å². The fourth-order valence-electron chi connectivity index (χ4n) is 2.91. The smallest absolute Gasteiger partial charge is 0.317 e. The fraction of sp³-hybridized carbons (Fsp3) is 0.316. The SMILES string of the molecule is C=CCn1c(S[C@H](CCCC)C(=O)O)nc2c([nH]c3ccccc32)c1=O. The molecule has 1 atom stereocenters. The Hall–Kier alpha value is -2.54. The summed E-state index contributed by atoms with van der Waals surface area (Å²) < 4.78 is 1.48. The molecule has 2 N–H and O–H groups in total. The van der Waals surface area contributed by atoms with Crippen molar-refractivity contribution < 1.29 is 9.90 Å². The fourth-order valence-corrected chi connectivity index (χ4v) is 3.97. The molecule has 0 spiro atoms. The van der Waals surface area contributed by atoms with Crippen LogP contribution < -0.4 is 5.56 Å². The molecule has 2 heterocycles. The van der Waals surface area contributed by atoms with Crippen LogP contribution in [-0.4, -0.2) is 30.9 Å². The maximum Gasteiger partial charge on any atom is 0.317 e. The van der Waals surface area contributed by atoms with Crippen LogP contribution in [0.4, 0.5) is 0 Å². The van der Waals surface area contributed by atoms with Gasteiger partial charge in [0.1, 0.15) is 16.3 Å². The summed E-state index contributed by atoms with van der Waals surface area (Å²) in [5.41, 5.74) is 1.62. The Kier molecular flexibility index (Phi) is 5.46. The van der Waals surface area contributed by atoms with Crippen molar-refractivity contribution in [2.75, 3.05) is 0 Å². The second kappa shape index (κ2) is 7.78. The van der Waals surface area contributed by atoms with E-state index >= 15 is 0 Å². The molecule has 2 aromatic heterocycles. The molecule has 3 rings (SSSR count). The highest BCUT2D eigenvalue weighted by atomic mass is 32.2. The molecule has 0 unspecified atom stereocenters. The zero-order valence-corrected chi connectivity index (χ0v) is 15.4. The number of hydrogen-bond donors (Lipinski definition) is 2. The summed E-state index contributed by atoms with van der Waals surface area (Å²) in [5, 5.41) is 10.2. The van der Waals surface area contributed by atoms with E-state index in [1.807, 2.05) is 31.2 Å². The van der Waals surface area contributed by atoms with E-state index in [4.69, 9.17) is 0 Å². The molecular weight excluding hydrogens is 350 g/mol. The third-order valence-corrected chi connectivity index (χ3v) is 5.48. The van der Waals surface area contributed by atoms with E-state index in [0.717, 1.165) is 35.5 Å². The maximum atomic E-state index is 13.0. The number of rotatable bonds is 8. The number of aromatic nitrogens is 3. The number of allylic oxidation sites excluding steroid dienone is 1. The predicted molar refractivity (Wildman–Crippen MR) is 105 cm³/mol. The molecule has 0 fully saturated rings. The highest BCUT2D eigenvalue weighted by molar-refractivity contribution is 8.00. The van der Waals surface area contributed by atoms with Crippen LogP contribution >= 0.6 is 11.8 Å². The van der Waals surface area contributed by atoms with E-state index in [2.05, 4.69) is 16.5 Å². The zero-order chi connectivity index (χ0) is 18.7. The number of carboxylic acid groups (broad SMARTS) is 1. The van der Waals surface area contributed by atoms with E-state index in [9.17, 15) is 14.7 Å². The number of thioether (sulfide) groups is 1. The summed E-state index contributed by atoms with van der Waals surface area (Å²) in [7, 11) is 0.